The van der Waals surface area contributed by atoms with Crippen LogP contribution in [-0.4, -0.2) is 11.8 Å². The second kappa shape index (κ2) is 8.50. The zero-order valence-corrected chi connectivity index (χ0v) is 15.2. The van der Waals surface area contributed by atoms with Gasteiger partial charge in [-0.1, -0.05) is 12.1 Å². The van der Waals surface area contributed by atoms with Crippen LogP contribution in [0.4, 0.5) is 5.69 Å². The van der Waals surface area contributed by atoms with Gasteiger partial charge in [0.1, 0.15) is 0 Å². The van der Waals surface area contributed by atoms with Crippen molar-refractivity contribution < 1.29 is 9.59 Å². The summed E-state index contributed by atoms with van der Waals surface area (Å²) in [5.41, 5.74) is 8.31. The molecule has 27 heavy (non-hydrogen) atoms. The van der Waals surface area contributed by atoms with E-state index in [9.17, 15) is 9.59 Å². The van der Waals surface area contributed by atoms with Gasteiger partial charge in [-0.25, -0.2) is 0 Å². The van der Waals surface area contributed by atoms with E-state index in [1.165, 1.54) is 5.56 Å². The molecular weight excluding hydrogens is 338 g/mol. The Labute approximate surface area is 159 Å². The molecule has 0 spiro atoms. The predicted octanol–water partition coefficient (Wildman–Crippen LogP) is 3.96. The number of nitrogens with two attached hydrogens (primary N) is 1. The zero-order valence-electron chi connectivity index (χ0n) is 15.2. The third-order valence-electron chi connectivity index (χ3n) is 5.23. The molecular formula is C22H23N3O2. The quantitative estimate of drug-likeness (QED) is 0.843. The monoisotopic (exact) mass is 361 g/mol. The highest BCUT2D eigenvalue weighted by Crippen LogP contribution is 2.37. The Hall–Kier alpha value is -3.13. The van der Waals surface area contributed by atoms with E-state index in [4.69, 9.17) is 11.0 Å². The molecule has 0 bridgehead atoms. The van der Waals surface area contributed by atoms with E-state index in [2.05, 4.69) is 17.5 Å². The molecule has 0 atom stereocenters. The van der Waals surface area contributed by atoms with Gasteiger partial charge < -0.3 is 11.1 Å². The Kier molecular flexibility index (Phi) is 5.87. The molecule has 1 saturated carbocycles. The molecule has 0 aromatic heterocycles. The predicted molar refractivity (Wildman–Crippen MR) is 104 cm³/mol. The first-order valence-corrected chi connectivity index (χ1v) is 9.25. The second-order valence-corrected chi connectivity index (χ2v) is 7.16. The van der Waals surface area contributed by atoms with Crippen molar-refractivity contribution in [3.05, 3.63) is 65.2 Å². The van der Waals surface area contributed by atoms with Crippen LogP contribution in [0.5, 0.6) is 0 Å². The summed E-state index contributed by atoms with van der Waals surface area (Å²) in [6.07, 6.45) is 4.49. The van der Waals surface area contributed by atoms with Gasteiger partial charge in [0.15, 0.2) is 0 Å². The van der Waals surface area contributed by atoms with E-state index in [1.54, 1.807) is 30.3 Å². The molecule has 5 heteroatoms. The smallest absolute Gasteiger partial charge is 0.255 e. The van der Waals surface area contributed by atoms with Crippen LogP contribution in [0.25, 0.3) is 0 Å². The molecule has 0 aliphatic heterocycles. The molecule has 2 aromatic rings. The second-order valence-electron chi connectivity index (χ2n) is 7.16. The topological polar surface area (TPSA) is 96.0 Å². The molecule has 0 radical (unpaired) electrons. The normalized spacial score (nSPS) is 19.1. The molecule has 2 aromatic carbocycles. The van der Waals surface area contributed by atoms with Gasteiger partial charge in [0.25, 0.3) is 5.91 Å². The number of anilines is 1. The fourth-order valence-corrected chi connectivity index (χ4v) is 3.75. The average Bonchev–Trinajstić information content (AvgIpc) is 2.69. The van der Waals surface area contributed by atoms with Gasteiger partial charge in [-0.05, 0) is 79.5 Å². The lowest BCUT2D eigenvalue weighted by Gasteiger charge is -2.28. The number of hydrogen-bond donors (Lipinski definition) is 2. The highest BCUT2D eigenvalue weighted by Gasteiger charge is 2.24. The highest BCUT2D eigenvalue weighted by molar-refractivity contribution is 6.04. The van der Waals surface area contributed by atoms with Gasteiger partial charge in [0, 0.05) is 17.7 Å². The Morgan fingerprint density at radius 2 is 1.78 bits per heavy atom. The van der Waals surface area contributed by atoms with Crippen LogP contribution in [-0.2, 0) is 4.79 Å². The summed E-state index contributed by atoms with van der Waals surface area (Å²) in [5, 5.41) is 11.7. The van der Waals surface area contributed by atoms with Crippen molar-refractivity contribution in [3.8, 4) is 6.07 Å². The van der Waals surface area contributed by atoms with E-state index in [0.717, 1.165) is 25.7 Å². The molecule has 1 aliphatic rings. The summed E-state index contributed by atoms with van der Waals surface area (Å²) in [6.45, 7) is 0. The van der Waals surface area contributed by atoms with Crippen molar-refractivity contribution in [2.24, 2.45) is 11.7 Å². The van der Waals surface area contributed by atoms with Crippen molar-refractivity contribution >= 4 is 17.5 Å². The number of amides is 2. The molecule has 3 N–H and O–H groups in total. The van der Waals surface area contributed by atoms with Gasteiger partial charge in [-0.2, -0.15) is 5.26 Å². The van der Waals surface area contributed by atoms with Gasteiger partial charge in [-0.3, -0.25) is 9.59 Å². The first-order valence-electron chi connectivity index (χ1n) is 9.25. The number of nitrogens with one attached hydrogen (secondary N) is 1. The number of benzene rings is 2. The SMILES string of the molecule is N#Cc1ccc(NC(=O)c2cccc(C3CCC(CC(N)=O)CC3)c2)cc1. The molecule has 138 valence electrons. The van der Waals surface area contributed by atoms with E-state index < -0.39 is 0 Å². The van der Waals surface area contributed by atoms with Crippen LogP contribution in [0.1, 0.15) is 59.5 Å². The molecule has 0 saturated heterocycles. The third kappa shape index (κ3) is 4.95. The minimum atomic E-state index is -0.222. The van der Waals surface area contributed by atoms with E-state index >= 15 is 0 Å². The van der Waals surface area contributed by atoms with Crippen molar-refractivity contribution in [1.29, 1.82) is 5.26 Å². The first-order chi connectivity index (χ1) is 13.0. The van der Waals surface area contributed by atoms with Crippen LogP contribution >= 0.6 is 0 Å². The Morgan fingerprint density at radius 1 is 1.07 bits per heavy atom. The highest BCUT2D eigenvalue weighted by atomic mass is 16.2. The van der Waals surface area contributed by atoms with Crippen molar-refractivity contribution in [2.45, 2.75) is 38.0 Å². The lowest BCUT2D eigenvalue weighted by atomic mass is 9.77. The summed E-state index contributed by atoms with van der Waals surface area (Å²) in [6, 6.07) is 16.6. The molecule has 0 unspecified atom stereocenters. The van der Waals surface area contributed by atoms with Gasteiger partial charge in [0.05, 0.1) is 11.6 Å². The number of carbonyl (C=O) groups is 2. The average molecular weight is 361 g/mol. The van der Waals surface area contributed by atoms with Crippen molar-refractivity contribution in [3.63, 3.8) is 0 Å². The number of rotatable bonds is 5. The van der Waals surface area contributed by atoms with Crippen molar-refractivity contribution in [2.75, 3.05) is 5.32 Å². The summed E-state index contributed by atoms with van der Waals surface area (Å²) < 4.78 is 0. The van der Waals surface area contributed by atoms with Crippen LogP contribution in [0.15, 0.2) is 48.5 Å². The van der Waals surface area contributed by atoms with Crippen LogP contribution in [0.2, 0.25) is 0 Å². The summed E-state index contributed by atoms with van der Waals surface area (Å²) in [7, 11) is 0. The molecule has 1 aliphatic carbocycles. The van der Waals surface area contributed by atoms with E-state index in [1.807, 2.05) is 12.1 Å². The fourth-order valence-electron chi connectivity index (χ4n) is 3.75. The zero-order chi connectivity index (χ0) is 19.2. The number of hydrogen-bond acceptors (Lipinski definition) is 3. The van der Waals surface area contributed by atoms with Crippen LogP contribution in [0, 0.1) is 17.2 Å². The summed E-state index contributed by atoms with van der Waals surface area (Å²) >= 11 is 0. The van der Waals surface area contributed by atoms with E-state index in [-0.39, 0.29) is 11.8 Å². The van der Waals surface area contributed by atoms with Gasteiger partial charge in [-0.15, -0.1) is 0 Å². The Bertz CT molecular complexity index is 860. The summed E-state index contributed by atoms with van der Waals surface area (Å²) in [5.74, 6) is 0.419. The number of nitriles is 1. The maximum absolute atomic E-state index is 12.5. The molecule has 2 amide bonds. The molecule has 1 fully saturated rings. The maximum atomic E-state index is 12.5. The van der Waals surface area contributed by atoms with Crippen molar-refractivity contribution in [1.82, 2.24) is 0 Å². The molecule has 0 heterocycles. The largest absolute Gasteiger partial charge is 0.370 e. The first kappa shape index (κ1) is 18.7. The third-order valence-corrected chi connectivity index (χ3v) is 5.23. The number of primary amides is 1. The van der Waals surface area contributed by atoms with Gasteiger partial charge in [0.2, 0.25) is 5.91 Å². The van der Waals surface area contributed by atoms with E-state index in [0.29, 0.717) is 35.1 Å². The Morgan fingerprint density at radius 3 is 2.41 bits per heavy atom. The van der Waals surface area contributed by atoms with Crippen LogP contribution < -0.4 is 11.1 Å². The minimum absolute atomic E-state index is 0.163. The maximum Gasteiger partial charge on any atom is 0.255 e. The number of nitrogens with zero attached hydrogens (tertiary/aromatic N) is 1. The Balaban J connectivity index is 1.64. The van der Waals surface area contributed by atoms with Gasteiger partial charge >= 0.3 is 0 Å². The minimum Gasteiger partial charge on any atom is -0.370 e. The molecule has 5 nitrogen and oxygen atoms in total. The molecule has 3 rings (SSSR count). The fraction of sp³-hybridized carbons (Fsp3) is 0.318. The summed E-state index contributed by atoms with van der Waals surface area (Å²) in [4.78, 5) is 23.6. The lowest BCUT2D eigenvalue weighted by molar-refractivity contribution is -0.119. The lowest BCUT2D eigenvalue weighted by Crippen LogP contribution is -2.20. The number of carbonyl (C=O) groups excluding carboxylic acids is 2. The standard InChI is InChI=1S/C22H23N3O2/c23-14-16-6-10-20(11-7-16)25-22(27)19-3-1-2-18(13-19)17-8-4-15(5-9-17)12-21(24)26/h1-3,6-7,10-11,13,15,17H,4-5,8-9,12H2,(H2,24,26)(H,25,27). The van der Waals surface area contributed by atoms with Crippen LogP contribution in [0.3, 0.4) is 0 Å².